The topological polar surface area (TPSA) is 59.2 Å². The molecule has 0 fully saturated rings. The third kappa shape index (κ3) is 4.66. The first-order valence-corrected chi connectivity index (χ1v) is 10.9. The minimum Gasteiger partial charge on any atom is -0.337 e. The third-order valence-corrected chi connectivity index (χ3v) is 5.84. The van der Waals surface area contributed by atoms with Gasteiger partial charge in [-0.25, -0.2) is 0 Å². The highest BCUT2D eigenvalue weighted by Crippen LogP contribution is 2.22. The van der Waals surface area contributed by atoms with E-state index < -0.39 is 0 Å². The Morgan fingerprint density at radius 3 is 2.57 bits per heavy atom. The first-order chi connectivity index (χ1) is 14.7. The third-order valence-electron chi connectivity index (χ3n) is 4.98. The molecule has 1 amide bonds. The molecule has 6 heteroatoms. The summed E-state index contributed by atoms with van der Waals surface area (Å²) in [6.07, 6.45) is 1.71. The molecule has 0 saturated carbocycles. The first-order valence-electron chi connectivity index (χ1n) is 10.0. The van der Waals surface area contributed by atoms with Crippen LogP contribution in [0.5, 0.6) is 0 Å². The van der Waals surface area contributed by atoms with Crippen molar-refractivity contribution in [2.45, 2.75) is 26.3 Å². The van der Waals surface area contributed by atoms with Crippen molar-refractivity contribution in [2.24, 2.45) is 0 Å². The maximum absolute atomic E-state index is 13.3. The lowest BCUT2D eigenvalue weighted by molar-refractivity contribution is 0.0733. The quantitative estimate of drug-likeness (QED) is 0.393. The predicted octanol–water partition coefficient (Wildman–Crippen LogP) is 5.25. The van der Waals surface area contributed by atoms with Crippen molar-refractivity contribution in [3.63, 3.8) is 0 Å². The monoisotopic (exact) mass is 417 g/mol. The number of nitrogens with zero attached hydrogens (tertiary/aromatic N) is 3. The van der Waals surface area contributed by atoms with Crippen LogP contribution in [0.3, 0.4) is 0 Å². The number of carbonyl (C=O) groups excluding carboxylic acids is 1. The Balaban J connectivity index is 1.48. The fourth-order valence-electron chi connectivity index (χ4n) is 3.36. The Labute approximate surface area is 180 Å². The minimum atomic E-state index is -0.0166. The molecule has 0 aliphatic heterocycles. The van der Waals surface area contributed by atoms with Crippen LogP contribution in [0.15, 0.2) is 76.6 Å². The number of carbonyl (C=O) groups is 1. The van der Waals surface area contributed by atoms with E-state index in [1.807, 2.05) is 66.9 Å². The average molecular weight is 418 g/mol. The second-order valence-electron chi connectivity index (χ2n) is 6.95. The fraction of sp³-hybridized carbons (Fsp3) is 0.208. The normalized spacial score (nSPS) is 10.8. The highest BCUT2D eigenvalue weighted by atomic mass is 32.1. The number of aryl methyl sites for hydroxylation is 2. The van der Waals surface area contributed by atoms with E-state index in [0.29, 0.717) is 24.8 Å². The van der Waals surface area contributed by atoms with Gasteiger partial charge in [-0.05, 0) is 48.4 Å². The van der Waals surface area contributed by atoms with Gasteiger partial charge in [0.25, 0.3) is 5.91 Å². The molecule has 30 heavy (non-hydrogen) atoms. The van der Waals surface area contributed by atoms with Gasteiger partial charge < -0.3 is 9.42 Å². The number of rotatable bonds is 8. The van der Waals surface area contributed by atoms with Crippen molar-refractivity contribution >= 4 is 17.2 Å². The summed E-state index contributed by atoms with van der Waals surface area (Å²) in [6, 6.07) is 22.1. The van der Waals surface area contributed by atoms with Gasteiger partial charge in [0.05, 0.1) is 4.88 Å². The van der Waals surface area contributed by atoms with Crippen molar-refractivity contribution in [3.05, 3.63) is 94.7 Å². The zero-order valence-electron chi connectivity index (χ0n) is 16.8. The number of hydrogen-bond acceptors (Lipinski definition) is 5. The molecule has 0 aliphatic rings. The van der Waals surface area contributed by atoms with E-state index in [-0.39, 0.29) is 5.91 Å². The number of hydrogen-bond donors (Lipinski definition) is 0. The Bertz CT molecular complexity index is 1090. The standard InChI is InChI=1S/C24H23N3O2S/c1-2-27(17-22-25-23(26-29-22)21-13-8-16-30-21)24(28)20-12-7-6-11-19(20)15-14-18-9-4-3-5-10-18/h3-13,16H,2,14-15,17H2,1H3. The summed E-state index contributed by atoms with van der Waals surface area (Å²) in [4.78, 5) is 20.4. The smallest absolute Gasteiger partial charge is 0.254 e. The summed E-state index contributed by atoms with van der Waals surface area (Å²) in [6.45, 7) is 2.81. The van der Waals surface area contributed by atoms with Crippen LogP contribution in [0, 0.1) is 0 Å². The zero-order valence-corrected chi connectivity index (χ0v) is 17.6. The molecule has 0 radical (unpaired) electrons. The van der Waals surface area contributed by atoms with Crippen molar-refractivity contribution in [3.8, 4) is 10.7 Å². The average Bonchev–Trinajstić information content (AvgIpc) is 3.48. The van der Waals surface area contributed by atoms with Crippen LogP contribution in [0.25, 0.3) is 10.7 Å². The lowest BCUT2D eigenvalue weighted by atomic mass is 9.99. The molecule has 4 aromatic rings. The van der Waals surface area contributed by atoms with Crippen LogP contribution in [-0.2, 0) is 19.4 Å². The highest BCUT2D eigenvalue weighted by Gasteiger charge is 2.20. The van der Waals surface area contributed by atoms with E-state index in [1.54, 1.807) is 16.2 Å². The second-order valence-corrected chi connectivity index (χ2v) is 7.90. The molecule has 5 nitrogen and oxygen atoms in total. The Kier molecular flexibility index (Phi) is 6.35. The number of aromatic nitrogens is 2. The SMILES string of the molecule is CCN(Cc1nc(-c2cccs2)no1)C(=O)c1ccccc1CCc1ccccc1. The molecular weight excluding hydrogens is 394 g/mol. The summed E-state index contributed by atoms with van der Waals surface area (Å²) in [5.74, 6) is 0.985. The molecule has 2 heterocycles. The molecule has 0 spiro atoms. The van der Waals surface area contributed by atoms with Gasteiger partial charge in [0.1, 0.15) is 6.54 Å². The van der Waals surface area contributed by atoms with Gasteiger partial charge in [0.15, 0.2) is 0 Å². The van der Waals surface area contributed by atoms with Gasteiger partial charge >= 0.3 is 0 Å². The predicted molar refractivity (Wildman–Crippen MR) is 118 cm³/mol. The van der Waals surface area contributed by atoms with Crippen molar-refractivity contribution in [2.75, 3.05) is 6.54 Å². The Morgan fingerprint density at radius 1 is 1.00 bits per heavy atom. The molecule has 0 N–H and O–H groups in total. The summed E-state index contributed by atoms with van der Waals surface area (Å²) in [5, 5.41) is 6.02. The molecular formula is C24H23N3O2S. The van der Waals surface area contributed by atoms with Crippen LogP contribution >= 0.6 is 11.3 Å². The molecule has 4 rings (SSSR count). The van der Waals surface area contributed by atoms with E-state index in [0.717, 1.165) is 28.8 Å². The van der Waals surface area contributed by atoms with Crippen molar-refractivity contribution < 1.29 is 9.32 Å². The van der Waals surface area contributed by atoms with Gasteiger partial charge in [-0.3, -0.25) is 4.79 Å². The lowest BCUT2D eigenvalue weighted by Crippen LogP contribution is -2.31. The lowest BCUT2D eigenvalue weighted by Gasteiger charge is -2.20. The van der Waals surface area contributed by atoms with Crippen molar-refractivity contribution in [1.82, 2.24) is 15.0 Å². The van der Waals surface area contributed by atoms with E-state index in [1.165, 1.54) is 5.56 Å². The molecule has 0 unspecified atom stereocenters. The highest BCUT2D eigenvalue weighted by molar-refractivity contribution is 7.13. The molecule has 0 atom stereocenters. The van der Waals surface area contributed by atoms with E-state index in [9.17, 15) is 4.79 Å². The summed E-state index contributed by atoms with van der Waals surface area (Å²) < 4.78 is 5.39. The molecule has 0 saturated heterocycles. The molecule has 2 aromatic heterocycles. The first kappa shape index (κ1) is 20.0. The summed E-state index contributed by atoms with van der Waals surface area (Å²) in [5.41, 5.74) is 3.04. The molecule has 0 aliphatic carbocycles. The summed E-state index contributed by atoms with van der Waals surface area (Å²) in [7, 11) is 0. The zero-order chi connectivity index (χ0) is 20.8. The maximum atomic E-state index is 13.3. The number of amides is 1. The van der Waals surface area contributed by atoms with Crippen LogP contribution in [-0.4, -0.2) is 27.5 Å². The van der Waals surface area contributed by atoms with E-state index in [4.69, 9.17) is 4.52 Å². The second kappa shape index (κ2) is 9.50. The maximum Gasteiger partial charge on any atom is 0.254 e. The van der Waals surface area contributed by atoms with Crippen molar-refractivity contribution in [1.29, 1.82) is 0 Å². The van der Waals surface area contributed by atoms with Gasteiger partial charge in [-0.15, -0.1) is 11.3 Å². The van der Waals surface area contributed by atoms with Crippen LogP contribution < -0.4 is 0 Å². The van der Waals surface area contributed by atoms with Crippen LogP contribution in [0.2, 0.25) is 0 Å². The minimum absolute atomic E-state index is 0.0166. The number of thiophene rings is 1. The van der Waals surface area contributed by atoms with E-state index in [2.05, 4.69) is 22.3 Å². The largest absolute Gasteiger partial charge is 0.337 e. The molecule has 152 valence electrons. The number of benzene rings is 2. The molecule has 0 bridgehead atoms. The van der Waals surface area contributed by atoms with Gasteiger partial charge in [-0.1, -0.05) is 59.8 Å². The van der Waals surface area contributed by atoms with Crippen LogP contribution in [0.1, 0.15) is 34.3 Å². The molecule has 2 aromatic carbocycles. The Hall–Kier alpha value is -3.25. The van der Waals surface area contributed by atoms with Gasteiger partial charge in [-0.2, -0.15) is 4.98 Å². The fourth-order valence-corrected chi connectivity index (χ4v) is 4.01. The van der Waals surface area contributed by atoms with Crippen LogP contribution in [0.4, 0.5) is 0 Å². The van der Waals surface area contributed by atoms with Gasteiger partial charge in [0, 0.05) is 12.1 Å². The van der Waals surface area contributed by atoms with E-state index >= 15 is 0 Å². The Morgan fingerprint density at radius 2 is 1.80 bits per heavy atom. The van der Waals surface area contributed by atoms with Gasteiger partial charge in [0.2, 0.25) is 11.7 Å². The summed E-state index contributed by atoms with van der Waals surface area (Å²) >= 11 is 1.56.